The maximum Gasteiger partial charge on any atom is 0.422 e. The van der Waals surface area contributed by atoms with E-state index in [2.05, 4.69) is 24.8 Å². The molecule has 0 bridgehead atoms. The highest BCUT2D eigenvalue weighted by molar-refractivity contribution is 7.99. The molecule has 1 saturated heterocycles. The standard InChI is InChI=1S/C22H26F4N6O3S/c1-21(13-36(34)29-8-2-3-9-32(36)20(27)31-21)16-10-14(4-6-17(16)23)30-19(33)18-7-5-15(11-28-18)35-12-22(24,25)26/h4-7,10-11,36H,2-3,8-9,12-13H2,1H3,(H2,27,31)(H,29,34)(H,30,33)/t21-/m0/s1. The van der Waals surface area contributed by atoms with Gasteiger partial charge < -0.3 is 15.8 Å². The van der Waals surface area contributed by atoms with Gasteiger partial charge in [0.1, 0.15) is 22.8 Å². The fourth-order valence-electron chi connectivity index (χ4n) is 4.19. The van der Waals surface area contributed by atoms with E-state index in [-0.39, 0.29) is 34.4 Å². The van der Waals surface area contributed by atoms with Gasteiger partial charge in [0.05, 0.1) is 11.9 Å². The van der Waals surface area contributed by atoms with Gasteiger partial charge in [0.2, 0.25) is 5.96 Å². The number of nitrogens with zero attached hydrogens (tertiary/aromatic N) is 3. The molecular formula is C22H26F4N6O3S. The summed E-state index contributed by atoms with van der Waals surface area (Å²) in [6.45, 7) is 1.18. The molecule has 0 saturated carbocycles. The van der Waals surface area contributed by atoms with Crippen molar-refractivity contribution in [2.75, 3.05) is 30.8 Å². The third kappa shape index (κ3) is 5.59. The van der Waals surface area contributed by atoms with Crippen LogP contribution >= 0.6 is 0 Å². The molecule has 4 N–H and O–H groups in total. The number of halogens is 4. The summed E-state index contributed by atoms with van der Waals surface area (Å²) in [5.41, 5.74) is 5.13. The van der Waals surface area contributed by atoms with E-state index in [9.17, 15) is 26.6 Å². The van der Waals surface area contributed by atoms with Crippen LogP contribution in [0.2, 0.25) is 0 Å². The molecule has 0 spiro atoms. The Hall–Kier alpha value is -3.26. The van der Waals surface area contributed by atoms with Crippen molar-refractivity contribution >= 4 is 27.9 Å². The zero-order valence-electron chi connectivity index (χ0n) is 19.3. The first-order valence-electron chi connectivity index (χ1n) is 11.1. The lowest BCUT2D eigenvalue weighted by atomic mass is 9.93. The van der Waals surface area contributed by atoms with E-state index in [1.165, 1.54) is 24.3 Å². The summed E-state index contributed by atoms with van der Waals surface area (Å²) in [6, 6.07) is 6.29. The molecule has 2 aromatic rings. The van der Waals surface area contributed by atoms with Crippen molar-refractivity contribution in [1.82, 2.24) is 14.0 Å². The molecule has 4 rings (SSSR count). The van der Waals surface area contributed by atoms with Crippen LogP contribution in [0.15, 0.2) is 41.5 Å². The van der Waals surface area contributed by atoms with Crippen molar-refractivity contribution in [1.29, 1.82) is 0 Å². The molecule has 2 aliphatic rings. The molecule has 1 aromatic carbocycles. The molecule has 36 heavy (non-hydrogen) atoms. The Balaban J connectivity index is 1.54. The molecule has 0 aliphatic carbocycles. The van der Waals surface area contributed by atoms with E-state index in [1.807, 2.05) is 0 Å². The van der Waals surface area contributed by atoms with Crippen LogP contribution in [0.25, 0.3) is 0 Å². The lowest BCUT2D eigenvalue weighted by Gasteiger charge is -2.45. The van der Waals surface area contributed by atoms with Crippen LogP contribution in [0.5, 0.6) is 5.75 Å². The van der Waals surface area contributed by atoms with Gasteiger partial charge in [-0.3, -0.25) is 13.3 Å². The molecule has 1 fully saturated rings. The minimum absolute atomic E-state index is 0.00988. The second kappa shape index (κ2) is 9.65. The van der Waals surface area contributed by atoms with Gasteiger partial charge in [-0.05, 0) is 50.1 Å². The number of fused-ring (bicyclic) bond motifs is 1. The third-order valence-electron chi connectivity index (χ3n) is 5.87. The number of aromatic nitrogens is 1. The van der Waals surface area contributed by atoms with Crippen LogP contribution in [0.1, 0.15) is 35.8 Å². The highest BCUT2D eigenvalue weighted by Gasteiger charge is 2.43. The van der Waals surface area contributed by atoms with Gasteiger partial charge in [-0.1, -0.05) is 0 Å². The second-order valence-electron chi connectivity index (χ2n) is 8.77. The number of nitrogens with one attached hydrogen (secondary N) is 2. The van der Waals surface area contributed by atoms with Crippen molar-refractivity contribution < 1.29 is 31.3 Å². The number of aliphatic imine (C=N–C) groups is 1. The maximum absolute atomic E-state index is 15.0. The van der Waals surface area contributed by atoms with E-state index in [0.717, 1.165) is 25.1 Å². The Morgan fingerprint density at radius 3 is 2.78 bits per heavy atom. The zero-order chi connectivity index (χ0) is 26.1. The van der Waals surface area contributed by atoms with Crippen molar-refractivity contribution in [2.24, 2.45) is 10.7 Å². The van der Waals surface area contributed by atoms with Crippen LogP contribution in [0, 0.1) is 5.82 Å². The second-order valence-corrected chi connectivity index (χ2v) is 11.3. The average Bonchev–Trinajstić information content (AvgIpc) is 3.00. The van der Waals surface area contributed by atoms with E-state index in [4.69, 9.17) is 5.73 Å². The van der Waals surface area contributed by atoms with E-state index in [1.54, 1.807) is 11.2 Å². The van der Waals surface area contributed by atoms with E-state index in [0.29, 0.717) is 13.1 Å². The lowest BCUT2D eigenvalue weighted by molar-refractivity contribution is -0.153. The van der Waals surface area contributed by atoms with Crippen LogP contribution in [-0.2, 0) is 15.8 Å². The van der Waals surface area contributed by atoms with Gasteiger partial charge in [-0.15, -0.1) is 0 Å². The molecule has 3 heterocycles. The van der Waals surface area contributed by atoms with Crippen LogP contribution in [-0.4, -0.2) is 57.0 Å². The minimum atomic E-state index is -4.50. The molecule has 0 radical (unpaired) electrons. The summed E-state index contributed by atoms with van der Waals surface area (Å²) in [5, 5.41) is 2.58. The smallest absolute Gasteiger partial charge is 0.422 e. The number of amides is 1. The summed E-state index contributed by atoms with van der Waals surface area (Å²) in [6.07, 6.45) is -1.88. The van der Waals surface area contributed by atoms with E-state index >= 15 is 0 Å². The first-order valence-corrected chi connectivity index (χ1v) is 13.0. The van der Waals surface area contributed by atoms with Crippen LogP contribution < -0.4 is 20.5 Å². The molecule has 1 amide bonds. The van der Waals surface area contributed by atoms with Gasteiger partial charge >= 0.3 is 6.18 Å². The summed E-state index contributed by atoms with van der Waals surface area (Å²) in [5.74, 6) is -1.35. The Morgan fingerprint density at radius 2 is 2.08 bits per heavy atom. The number of carbonyl (C=O) groups is 1. The van der Waals surface area contributed by atoms with Crippen molar-refractivity contribution in [3.63, 3.8) is 0 Å². The van der Waals surface area contributed by atoms with Crippen molar-refractivity contribution in [3.05, 3.63) is 53.6 Å². The molecule has 2 aliphatic heterocycles. The molecule has 14 heteroatoms. The number of carbonyl (C=O) groups excluding carboxylic acids is 1. The monoisotopic (exact) mass is 530 g/mol. The Kier molecular flexibility index (Phi) is 6.92. The number of hydrogen-bond donors (Lipinski definition) is 4. The number of thiol groups is 1. The number of pyridine rings is 1. The molecule has 0 unspecified atom stereocenters. The minimum Gasteiger partial charge on any atom is -0.483 e. The van der Waals surface area contributed by atoms with E-state index < -0.39 is 40.4 Å². The summed E-state index contributed by atoms with van der Waals surface area (Å²) < 4.78 is 74.7. The van der Waals surface area contributed by atoms with Gasteiger partial charge in [0.25, 0.3) is 5.91 Å². The first-order chi connectivity index (χ1) is 16.9. The fraction of sp³-hybridized carbons (Fsp3) is 0.409. The van der Waals surface area contributed by atoms with Crippen LogP contribution in [0.4, 0.5) is 23.2 Å². The first kappa shape index (κ1) is 25.8. The number of anilines is 1. The van der Waals surface area contributed by atoms with Crippen molar-refractivity contribution in [2.45, 2.75) is 31.5 Å². The van der Waals surface area contributed by atoms with Gasteiger partial charge in [0, 0.05) is 34.6 Å². The molecule has 196 valence electrons. The van der Waals surface area contributed by atoms with Crippen molar-refractivity contribution in [3.8, 4) is 5.75 Å². The predicted molar refractivity (Wildman–Crippen MR) is 127 cm³/mol. The number of guanidine groups is 1. The summed E-state index contributed by atoms with van der Waals surface area (Å²) >= 11 is 0. The maximum atomic E-state index is 15.0. The van der Waals surface area contributed by atoms with Crippen LogP contribution in [0.3, 0.4) is 0 Å². The molecule has 1 atom stereocenters. The number of hydrogen-bond acceptors (Lipinski definition) is 6. The molecular weight excluding hydrogens is 504 g/mol. The summed E-state index contributed by atoms with van der Waals surface area (Å²) in [4.78, 5) is 20.9. The number of ether oxygens (including phenoxy) is 1. The highest BCUT2D eigenvalue weighted by atomic mass is 32.3. The Bertz CT molecular complexity index is 1220. The zero-order valence-corrected chi connectivity index (χ0v) is 20.2. The Labute approximate surface area is 205 Å². The fourth-order valence-corrected chi connectivity index (χ4v) is 7.07. The quantitative estimate of drug-likeness (QED) is 0.350. The lowest BCUT2D eigenvalue weighted by Crippen LogP contribution is -2.60. The molecule has 9 nitrogen and oxygen atoms in total. The van der Waals surface area contributed by atoms with Gasteiger partial charge in [-0.25, -0.2) is 19.1 Å². The highest BCUT2D eigenvalue weighted by Crippen LogP contribution is 2.37. The number of nitrogens with two attached hydrogens (primary N) is 1. The average molecular weight is 531 g/mol. The SMILES string of the molecule is C[C@@]1(c2cc(NC(=O)c3ccc(OCC(F)(F)F)cn3)ccc2F)C[SH]2(=O)NCCCCN2C(N)=N1. The normalized spacial score (nSPS) is 22.6. The number of alkyl halides is 3. The predicted octanol–water partition coefficient (Wildman–Crippen LogP) is 2.49. The Morgan fingerprint density at radius 1 is 1.31 bits per heavy atom. The largest absolute Gasteiger partial charge is 0.483 e. The summed E-state index contributed by atoms with van der Waals surface area (Å²) in [7, 11) is -3.15. The number of rotatable bonds is 5. The molecule has 1 aromatic heterocycles. The third-order valence-corrected chi connectivity index (χ3v) is 8.82. The topological polar surface area (TPSA) is 122 Å². The number of benzene rings is 1. The van der Waals surface area contributed by atoms with Gasteiger partial charge in [-0.2, -0.15) is 13.2 Å². The van der Waals surface area contributed by atoms with Gasteiger partial charge in [0.15, 0.2) is 6.61 Å².